The molecule has 1 amide bonds. The van der Waals surface area contributed by atoms with Crippen LogP contribution < -0.4 is 5.32 Å². The Hall–Kier alpha value is -1.06. The van der Waals surface area contributed by atoms with Crippen LogP contribution in [-0.4, -0.2) is 30.4 Å². The van der Waals surface area contributed by atoms with Gasteiger partial charge in [-0.05, 0) is 48.3 Å². The van der Waals surface area contributed by atoms with Gasteiger partial charge in [0.1, 0.15) is 0 Å². The van der Waals surface area contributed by atoms with Crippen LogP contribution in [0.25, 0.3) is 0 Å². The molecule has 2 aliphatic carbocycles. The lowest BCUT2D eigenvalue weighted by atomic mass is 10.1. The molecule has 0 bridgehead atoms. The van der Waals surface area contributed by atoms with Crippen molar-refractivity contribution in [3.8, 4) is 0 Å². The zero-order chi connectivity index (χ0) is 15.8. The zero-order valence-electron chi connectivity index (χ0n) is 13.5. The van der Waals surface area contributed by atoms with E-state index in [4.69, 9.17) is 11.6 Å². The number of halogens is 1. The number of carbonyl (C=O) groups excluding carboxylic acids is 1. The summed E-state index contributed by atoms with van der Waals surface area (Å²) in [5.74, 6) is 2.63. The Bertz CT molecular complexity index is 572. The lowest BCUT2D eigenvalue weighted by molar-refractivity contribution is -0.123. The van der Waals surface area contributed by atoms with Gasteiger partial charge in [-0.15, -0.1) is 0 Å². The lowest BCUT2D eigenvalue weighted by Crippen LogP contribution is -2.33. The number of benzene rings is 1. The number of nitrogens with zero attached hydrogens (tertiary/aromatic N) is 1. The van der Waals surface area contributed by atoms with E-state index in [9.17, 15) is 4.79 Å². The molecule has 1 saturated heterocycles. The van der Waals surface area contributed by atoms with Crippen LogP contribution in [0, 0.1) is 23.7 Å². The zero-order valence-corrected chi connectivity index (χ0v) is 14.3. The first kappa shape index (κ1) is 15.5. The van der Waals surface area contributed by atoms with E-state index in [2.05, 4.69) is 10.2 Å². The van der Waals surface area contributed by atoms with Gasteiger partial charge in [0.05, 0.1) is 0 Å². The van der Waals surface area contributed by atoms with Crippen LogP contribution >= 0.6 is 11.6 Å². The first-order valence-electron chi connectivity index (χ1n) is 8.95. The molecule has 0 spiro atoms. The quantitative estimate of drug-likeness (QED) is 0.897. The highest BCUT2D eigenvalue weighted by Crippen LogP contribution is 2.52. The van der Waals surface area contributed by atoms with E-state index in [0.717, 1.165) is 29.6 Å². The molecule has 1 aliphatic heterocycles. The normalized spacial score (nSPS) is 30.4. The highest BCUT2D eigenvalue weighted by atomic mass is 35.5. The van der Waals surface area contributed by atoms with E-state index in [1.165, 1.54) is 32.2 Å². The molecule has 1 N–H and O–H groups in total. The third-order valence-corrected chi connectivity index (χ3v) is 6.15. The van der Waals surface area contributed by atoms with E-state index in [-0.39, 0.29) is 11.8 Å². The van der Waals surface area contributed by atoms with Crippen molar-refractivity contribution in [2.24, 2.45) is 23.7 Å². The van der Waals surface area contributed by atoms with Gasteiger partial charge in [0.25, 0.3) is 0 Å². The fourth-order valence-corrected chi connectivity index (χ4v) is 4.88. The molecule has 1 aromatic rings. The largest absolute Gasteiger partial charge is 0.352 e. The third-order valence-electron chi connectivity index (χ3n) is 5.92. The summed E-state index contributed by atoms with van der Waals surface area (Å²) in [5, 5.41) is 3.81. The number of fused-ring (bicyclic) bond motifs is 1. The van der Waals surface area contributed by atoms with Crippen molar-refractivity contribution in [1.82, 2.24) is 10.2 Å². The minimum absolute atomic E-state index is 0.237. The molecule has 4 heteroatoms. The Balaban J connectivity index is 1.22. The second kappa shape index (κ2) is 6.45. The smallest absolute Gasteiger partial charge is 0.224 e. The van der Waals surface area contributed by atoms with Crippen molar-refractivity contribution in [2.75, 3.05) is 19.6 Å². The molecule has 2 saturated carbocycles. The summed E-state index contributed by atoms with van der Waals surface area (Å²) in [6, 6.07) is 7.70. The molecular formula is C19H25ClN2O. The molecule has 4 rings (SSSR count). The molecule has 3 aliphatic rings. The summed E-state index contributed by atoms with van der Waals surface area (Å²) >= 11 is 5.98. The maximum Gasteiger partial charge on any atom is 0.224 e. The second-order valence-corrected chi connectivity index (χ2v) is 8.01. The Kier molecular flexibility index (Phi) is 4.33. The number of rotatable bonds is 5. The lowest BCUT2D eigenvalue weighted by Gasteiger charge is -2.22. The van der Waals surface area contributed by atoms with Crippen molar-refractivity contribution in [3.63, 3.8) is 0 Å². The molecule has 2 atom stereocenters. The molecule has 1 heterocycles. The van der Waals surface area contributed by atoms with Crippen LogP contribution in [0.2, 0.25) is 5.02 Å². The van der Waals surface area contributed by atoms with Crippen molar-refractivity contribution in [3.05, 3.63) is 34.9 Å². The first-order valence-corrected chi connectivity index (χ1v) is 9.33. The number of amides is 1. The van der Waals surface area contributed by atoms with Gasteiger partial charge in [0.2, 0.25) is 5.91 Å². The van der Waals surface area contributed by atoms with Gasteiger partial charge in [-0.1, -0.05) is 36.6 Å². The van der Waals surface area contributed by atoms with E-state index >= 15 is 0 Å². The van der Waals surface area contributed by atoms with Crippen molar-refractivity contribution >= 4 is 17.5 Å². The monoisotopic (exact) mass is 332 g/mol. The van der Waals surface area contributed by atoms with E-state index < -0.39 is 0 Å². The molecule has 1 aromatic carbocycles. The van der Waals surface area contributed by atoms with Gasteiger partial charge < -0.3 is 10.2 Å². The first-order chi connectivity index (χ1) is 11.2. The topological polar surface area (TPSA) is 32.3 Å². The molecule has 2 unspecified atom stereocenters. The van der Waals surface area contributed by atoms with E-state index in [1.807, 2.05) is 24.3 Å². The number of hydrogen-bond acceptors (Lipinski definition) is 2. The molecule has 3 nitrogen and oxygen atoms in total. The van der Waals surface area contributed by atoms with Crippen LogP contribution in [0.5, 0.6) is 0 Å². The Morgan fingerprint density at radius 1 is 1.22 bits per heavy atom. The molecular weight excluding hydrogens is 308 g/mol. The molecule has 23 heavy (non-hydrogen) atoms. The Morgan fingerprint density at radius 2 is 1.96 bits per heavy atom. The minimum atomic E-state index is 0.237. The second-order valence-electron chi connectivity index (χ2n) is 7.57. The van der Waals surface area contributed by atoms with Crippen molar-refractivity contribution in [1.29, 1.82) is 0 Å². The summed E-state index contributed by atoms with van der Waals surface area (Å²) in [4.78, 5) is 15.0. The number of likely N-dealkylation sites (tertiary alicyclic amines) is 1. The van der Waals surface area contributed by atoms with Crippen molar-refractivity contribution in [2.45, 2.75) is 32.2 Å². The van der Waals surface area contributed by atoms with Crippen molar-refractivity contribution < 1.29 is 4.79 Å². The number of hydrogen-bond donors (Lipinski definition) is 1. The van der Waals surface area contributed by atoms with Gasteiger partial charge in [-0.2, -0.15) is 0 Å². The van der Waals surface area contributed by atoms with Gasteiger partial charge in [0, 0.05) is 37.1 Å². The molecule has 0 aromatic heterocycles. The van der Waals surface area contributed by atoms with Crippen LogP contribution in [0.3, 0.4) is 0 Å². The summed E-state index contributed by atoms with van der Waals surface area (Å²) in [6.45, 7) is 4.12. The fourth-order valence-electron chi connectivity index (χ4n) is 4.66. The van der Waals surface area contributed by atoms with Crippen LogP contribution in [0.15, 0.2) is 24.3 Å². The Labute approximate surface area is 143 Å². The summed E-state index contributed by atoms with van der Waals surface area (Å²) in [7, 11) is 0. The van der Waals surface area contributed by atoms with Gasteiger partial charge >= 0.3 is 0 Å². The summed E-state index contributed by atoms with van der Waals surface area (Å²) in [5.41, 5.74) is 1.07. The molecule has 124 valence electrons. The average molecular weight is 333 g/mol. The van der Waals surface area contributed by atoms with E-state index in [0.29, 0.717) is 18.4 Å². The highest BCUT2D eigenvalue weighted by Gasteiger charge is 2.59. The number of carbonyl (C=O) groups is 1. The van der Waals surface area contributed by atoms with Crippen LogP contribution in [0.4, 0.5) is 0 Å². The predicted molar refractivity (Wildman–Crippen MR) is 92.2 cm³/mol. The van der Waals surface area contributed by atoms with Gasteiger partial charge in [0.15, 0.2) is 0 Å². The van der Waals surface area contributed by atoms with Gasteiger partial charge in [-0.25, -0.2) is 0 Å². The standard InChI is InChI=1S/C19H25ClN2O/c20-15-7-3-6-14(8-15)9-21-19(23)18-16-11-22(12-17(16)18)10-13-4-1-2-5-13/h3,6-8,13,16-18H,1-2,4-5,9-12H2,(H,21,23). The maximum absolute atomic E-state index is 12.4. The SMILES string of the molecule is O=C(NCc1cccc(Cl)c1)C1C2CN(CC3CCCC3)CC21. The number of nitrogens with one attached hydrogen (secondary N) is 1. The summed E-state index contributed by atoms with van der Waals surface area (Å²) in [6.07, 6.45) is 5.66. The maximum atomic E-state index is 12.4. The average Bonchev–Trinajstić information content (AvgIpc) is 2.93. The minimum Gasteiger partial charge on any atom is -0.352 e. The summed E-state index contributed by atoms with van der Waals surface area (Å²) < 4.78 is 0. The van der Waals surface area contributed by atoms with Crippen LogP contribution in [-0.2, 0) is 11.3 Å². The number of piperidine rings is 1. The third kappa shape index (κ3) is 3.41. The molecule has 0 radical (unpaired) electrons. The predicted octanol–water partition coefficient (Wildman–Crippen LogP) is 3.32. The Morgan fingerprint density at radius 3 is 2.65 bits per heavy atom. The van der Waals surface area contributed by atoms with Crippen LogP contribution in [0.1, 0.15) is 31.2 Å². The highest BCUT2D eigenvalue weighted by molar-refractivity contribution is 6.30. The van der Waals surface area contributed by atoms with E-state index in [1.54, 1.807) is 0 Å². The fraction of sp³-hybridized carbons (Fsp3) is 0.632. The molecule has 3 fully saturated rings. The van der Waals surface area contributed by atoms with Gasteiger partial charge in [-0.3, -0.25) is 4.79 Å².